The lowest BCUT2D eigenvalue weighted by Gasteiger charge is -2.19. The van der Waals surface area contributed by atoms with E-state index in [0.29, 0.717) is 18.1 Å². The van der Waals surface area contributed by atoms with Crippen LogP contribution in [0.2, 0.25) is 0 Å². The molecule has 0 aliphatic heterocycles. The zero-order chi connectivity index (χ0) is 25.8. The minimum Gasteiger partial charge on any atom is -0.481 e. The van der Waals surface area contributed by atoms with Crippen molar-refractivity contribution in [1.29, 1.82) is 0 Å². The molecule has 1 heterocycles. The van der Waals surface area contributed by atoms with Crippen molar-refractivity contribution in [3.8, 4) is 22.5 Å². The largest absolute Gasteiger partial charge is 0.481 e. The smallest absolute Gasteiger partial charge is 0.407 e. The molecule has 1 aliphatic carbocycles. The van der Waals surface area contributed by atoms with E-state index >= 15 is 0 Å². The average molecular weight is 496 g/mol. The van der Waals surface area contributed by atoms with Crippen molar-refractivity contribution in [2.24, 2.45) is 0 Å². The number of hydrogen-bond acceptors (Lipinski definition) is 7. The number of aromatic nitrogens is 4. The number of rotatable bonds is 8. The standard InChI is InChI=1S/C28H25N5O4/c1-17-30-32-27(33-31-17)19-12-10-18(11-13-19)14-20(15-26(34)35)29-28(36)37-16-25-23-8-4-2-6-21(23)22-7-3-5-9-24(22)25/h2-13,20,25H,14-16H2,1H3,(H,29,36)(H,34,35)/t20-/m0/s1. The predicted octanol–water partition coefficient (Wildman–Crippen LogP) is 4.17. The molecule has 1 aromatic heterocycles. The summed E-state index contributed by atoms with van der Waals surface area (Å²) in [5.41, 5.74) is 6.09. The van der Waals surface area contributed by atoms with Gasteiger partial charge in [0, 0.05) is 17.5 Å². The molecule has 4 aromatic rings. The fourth-order valence-corrected chi connectivity index (χ4v) is 4.66. The molecule has 1 atom stereocenters. The minimum atomic E-state index is -1.01. The number of nitrogens with zero attached hydrogens (tertiary/aromatic N) is 4. The molecule has 0 bridgehead atoms. The molecule has 0 radical (unpaired) electrons. The number of aryl methyl sites for hydroxylation is 1. The van der Waals surface area contributed by atoms with Crippen molar-refractivity contribution in [3.63, 3.8) is 0 Å². The summed E-state index contributed by atoms with van der Waals surface area (Å²) in [7, 11) is 0. The predicted molar refractivity (Wildman–Crippen MR) is 136 cm³/mol. The number of ether oxygens (including phenoxy) is 1. The van der Waals surface area contributed by atoms with E-state index in [1.807, 2.05) is 60.7 Å². The molecular formula is C28H25N5O4. The Labute approximate surface area is 213 Å². The Morgan fingerprint density at radius 2 is 1.49 bits per heavy atom. The number of carbonyl (C=O) groups excluding carboxylic acids is 1. The lowest BCUT2D eigenvalue weighted by Crippen LogP contribution is -2.39. The van der Waals surface area contributed by atoms with E-state index in [1.54, 1.807) is 6.92 Å². The summed E-state index contributed by atoms with van der Waals surface area (Å²) in [5.74, 6) is -0.199. The van der Waals surface area contributed by atoms with E-state index in [4.69, 9.17) is 4.74 Å². The van der Waals surface area contributed by atoms with Crippen LogP contribution in [0.1, 0.15) is 34.9 Å². The summed E-state index contributed by atoms with van der Waals surface area (Å²) in [6.07, 6.45) is -0.557. The third-order valence-corrected chi connectivity index (χ3v) is 6.36. The van der Waals surface area contributed by atoms with Crippen molar-refractivity contribution < 1.29 is 19.4 Å². The second kappa shape index (κ2) is 10.5. The molecule has 1 aliphatic rings. The number of fused-ring (bicyclic) bond motifs is 3. The molecule has 5 rings (SSSR count). The van der Waals surface area contributed by atoms with Crippen LogP contribution in [0.15, 0.2) is 72.8 Å². The van der Waals surface area contributed by atoms with Crippen molar-refractivity contribution in [1.82, 2.24) is 25.7 Å². The summed E-state index contributed by atoms with van der Waals surface area (Å²) >= 11 is 0. The van der Waals surface area contributed by atoms with Gasteiger partial charge in [0.2, 0.25) is 5.82 Å². The lowest BCUT2D eigenvalue weighted by atomic mass is 9.98. The van der Waals surface area contributed by atoms with E-state index in [2.05, 4.69) is 37.8 Å². The van der Waals surface area contributed by atoms with Gasteiger partial charge in [-0.3, -0.25) is 4.79 Å². The number of carboxylic acids is 1. The molecule has 0 saturated heterocycles. The molecule has 1 amide bonds. The van der Waals surface area contributed by atoms with Crippen molar-refractivity contribution in [2.45, 2.75) is 31.7 Å². The number of benzene rings is 3. The van der Waals surface area contributed by atoms with E-state index < -0.39 is 18.1 Å². The maximum absolute atomic E-state index is 12.7. The maximum atomic E-state index is 12.7. The number of alkyl carbamates (subject to hydrolysis) is 1. The molecule has 2 N–H and O–H groups in total. The lowest BCUT2D eigenvalue weighted by molar-refractivity contribution is -0.137. The average Bonchev–Trinajstić information content (AvgIpc) is 3.22. The van der Waals surface area contributed by atoms with Gasteiger partial charge in [-0.15, -0.1) is 20.4 Å². The highest BCUT2D eigenvalue weighted by molar-refractivity contribution is 5.79. The second-order valence-electron chi connectivity index (χ2n) is 8.94. The van der Waals surface area contributed by atoms with E-state index in [9.17, 15) is 14.7 Å². The van der Waals surface area contributed by atoms with Gasteiger partial charge in [-0.25, -0.2) is 4.79 Å². The Morgan fingerprint density at radius 1 is 0.892 bits per heavy atom. The van der Waals surface area contributed by atoms with Crippen molar-refractivity contribution in [2.75, 3.05) is 6.61 Å². The number of hydrogen-bond donors (Lipinski definition) is 2. The first kappa shape index (κ1) is 24.1. The van der Waals surface area contributed by atoms with Gasteiger partial charge in [0.15, 0.2) is 5.82 Å². The molecular weight excluding hydrogens is 470 g/mol. The van der Waals surface area contributed by atoms with Gasteiger partial charge in [0.05, 0.1) is 6.42 Å². The molecule has 9 heteroatoms. The summed E-state index contributed by atoms with van der Waals surface area (Å²) < 4.78 is 5.60. The van der Waals surface area contributed by atoms with Gasteiger partial charge in [0.1, 0.15) is 6.61 Å². The Bertz CT molecular complexity index is 1380. The molecule has 0 unspecified atom stereocenters. The first-order valence-electron chi connectivity index (χ1n) is 11.9. The number of carbonyl (C=O) groups is 2. The van der Waals surface area contributed by atoms with Gasteiger partial charge in [-0.1, -0.05) is 72.8 Å². The highest BCUT2D eigenvalue weighted by Crippen LogP contribution is 2.44. The maximum Gasteiger partial charge on any atom is 0.407 e. The Morgan fingerprint density at radius 3 is 2.08 bits per heavy atom. The summed E-state index contributed by atoms with van der Waals surface area (Å²) in [6, 6.07) is 22.8. The topological polar surface area (TPSA) is 127 Å². The van der Waals surface area contributed by atoms with Crippen molar-refractivity contribution >= 4 is 12.1 Å². The molecule has 0 spiro atoms. The van der Waals surface area contributed by atoms with Crippen LogP contribution in [0.4, 0.5) is 4.79 Å². The summed E-state index contributed by atoms with van der Waals surface area (Å²) in [6.45, 7) is 1.87. The number of nitrogens with one attached hydrogen (secondary N) is 1. The molecule has 9 nitrogen and oxygen atoms in total. The van der Waals surface area contributed by atoms with Gasteiger partial charge in [0.25, 0.3) is 0 Å². The van der Waals surface area contributed by atoms with Crippen molar-refractivity contribution in [3.05, 3.63) is 95.3 Å². The monoisotopic (exact) mass is 495 g/mol. The van der Waals surface area contributed by atoms with Gasteiger partial charge < -0.3 is 15.2 Å². The van der Waals surface area contributed by atoms with Gasteiger partial charge in [-0.2, -0.15) is 0 Å². The number of amides is 1. The van der Waals surface area contributed by atoms with Crippen LogP contribution in [-0.4, -0.2) is 50.2 Å². The Balaban J connectivity index is 1.23. The zero-order valence-corrected chi connectivity index (χ0v) is 20.2. The highest BCUT2D eigenvalue weighted by atomic mass is 16.5. The van der Waals surface area contributed by atoms with Crippen LogP contribution >= 0.6 is 0 Å². The van der Waals surface area contributed by atoms with Crippen LogP contribution in [-0.2, 0) is 16.0 Å². The summed E-state index contributed by atoms with van der Waals surface area (Å²) in [5, 5.41) is 28.0. The van der Waals surface area contributed by atoms with E-state index in [0.717, 1.165) is 33.4 Å². The number of carboxylic acid groups (broad SMARTS) is 1. The minimum absolute atomic E-state index is 0.0726. The van der Waals surface area contributed by atoms with Crippen LogP contribution in [0, 0.1) is 6.92 Å². The molecule has 3 aromatic carbocycles. The molecule has 0 fully saturated rings. The molecule has 0 saturated carbocycles. The first-order valence-corrected chi connectivity index (χ1v) is 11.9. The first-order chi connectivity index (χ1) is 18.0. The fraction of sp³-hybridized carbons (Fsp3) is 0.214. The Kier molecular flexibility index (Phi) is 6.85. The normalized spacial score (nSPS) is 12.9. The molecule has 186 valence electrons. The molecule has 37 heavy (non-hydrogen) atoms. The third-order valence-electron chi connectivity index (χ3n) is 6.36. The highest BCUT2D eigenvalue weighted by Gasteiger charge is 2.29. The quantitative estimate of drug-likeness (QED) is 0.373. The third kappa shape index (κ3) is 5.45. The second-order valence-corrected chi connectivity index (χ2v) is 8.94. The van der Waals surface area contributed by atoms with Crippen LogP contribution in [0.5, 0.6) is 0 Å². The number of aliphatic carboxylic acids is 1. The van der Waals surface area contributed by atoms with E-state index in [1.165, 1.54) is 0 Å². The zero-order valence-electron chi connectivity index (χ0n) is 20.2. The summed E-state index contributed by atoms with van der Waals surface area (Å²) in [4.78, 5) is 24.2. The fourth-order valence-electron chi connectivity index (χ4n) is 4.66. The Hall–Kier alpha value is -4.66. The SMILES string of the molecule is Cc1nnc(-c2ccc(C[C@@H](CC(=O)O)NC(=O)OCC3c4ccccc4-c4ccccc43)cc2)nn1. The van der Waals surface area contributed by atoms with Crippen LogP contribution in [0.3, 0.4) is 0 Å². The van der Waals surface area contributed by atoms with Crippen LogP contribution < -0.4 is 5.32 Å². The van der Waals surface area contributed by atoms with Gasteiger partial charge in [-0.05, 0) is 41.2 Å². The van der Waals surface area contributed by atoms with Gasteiger partial charge >= 0.3 is 12.1 Å². The van der Waals surface area contributed by atoms with Crippen LogP contribution in [0.25, 0.3) is 22.5 Å². The van der Waals surface area contributed by atoms with E-state index in [-0.39, 0.29) is 18.9 Å².